The van der Waals surface area contributed by atoms with Gasteiger partial charge in [0.25, 0.3) is 0 Å². The lowest BCUT2D eigenvalue weighted by Gasteiger charge is -2.15. The normalized spacial score (nSPS) is 11.1. The Morgan fingerprint density at radius 1 is 1.42 bits per heavy atom. The molecular weight excluding hydrogens is 237 g/mol. The minimum atomic E-state index is -0.346. The molecule has 1 aromatic rings. The van der Waals surface area contributed by atoms with Gasteiger partial charge in [0.1, 0.15) is 4.34 Å². The fourth-order valence-electron chi connectivity index (χ4n) is 0.664. The van der Waals surface area contributed by atoms with Crippen molar-refractivity contribution in [1.82, 2.24) is 0 Å². The van der Waals surface area contributed by atoms with Crippen LogP contribution in [0.1, 0.15) is 18.7 Å². The van der Waals surface area contributed by atoms with Crippen LogP contribution in [0, 0.1) is 0 Å². The van der Waals surface area contributed by atoms with E-state index in [-0.39, 0.29) is 17.9 Å². The summed E-state index contributed by atoms with van der Waals surface area (Å²) in [6.07, 6.45) is 0. The molecule has 0 unspecified atom stereocenters. The smallest absolute Gasteiger partial charge is 0.112 e. The highest BCUT2D eigenvalue weighted by Gasteiger charge is 2.18. The van der Waals surface area contributed by atoms with E-state index in [2.05, 4.69) is 0 Å². The Kier molecular flexibility index (Phi) is 4.34. The van der Waals surface area contributed by atoms with Crippen LogP contribution in [0.15, 0.2) is 6.07 Å². The largest absolute Gasteiger partial charge is 0.321 e. The maximum absolute atomic E-state index is 5.83. The minimum Gasteiger partial charge on any atom is -0.321 e. The quantitative estimate of drug-likeness (QED) is 0.804. The lowest BCUT2D eigenvalue weighted by atomic mass is 10.1. The Morgan fingerprint density at radius 2 is 1.92 bits per heavy atom. The van der Waals surface area contributed by atoms with E-state index in [1.807, 2.05) is 19.9 Å². The third-order valence-electron chi connectivity index (χ3n) is 1.28. The van der Waals surface area contributed by atoms with E-state index in [1.54, 1.807) is 0 Å². The number of rotatable bonds is 1. The van der Waals surface area contributed by atoms with Gasteiger partial charge in [-0.1, -0.05) is 23.2 Å². The third-order valence-corrected chi connectivity index (χ3v) is 3.49. The van der Waals surface area contributed by atoms with Crippen LogP contribution in [-0.4, -0.2) is 0 Å². The van der Waals surface area contributed by atoms with E-state index in [4.69, 9.17) is 28.9 Å². The average Bonchev–Trinajstić information content (AvgIpc) is 2.11. The van der Waals surface area contributed by atoms with Gasteiger partial charge in [-0.3, -0.25) is 0 Å². The summed E-state index contributed by atoms with van der Waals surface area (Å²) in [5.41, 5.74) is 5.49. The highest BCUT2D eigenvalue weighted by molar-refractivity contribution is 7.17. The second-order valence-corrected chi connectivity index (χ2v) is 5.02. The van der Waals surface area contributed by atoms with Crippen LogP contribution >= 0.6 is 46.9 Å². The summed E-state index contributed by atoms with van der Waals surface area (Å²) in [4.78, 5) is 1.01. The summed E-state index contributed by atoms with van der Waals surface area (Å²) in [5, 5.41) is 0.588. The van der Waals surface area contributed by atoms with Crippen LogP contribution < -0.4 is 5.73 Å². The van der Waals surface area contributed by atoms with Gasteiger partial charge in [-0.05, 0) is 19.9 Å². The molecule has 70 valence electrons. The van der Waals surface area contributed by atoms with E-state index in [0.29, 0.717) is 9.36 Å². The summed E-state index contributed by atoms with van der Waals surface area (Å²) in [6.45, 7) is 3.84. The summed E-state index contributed by atoms with van der Waals surface area (Å²) in [7, 11) is 0. The van der Waals surface area contributed by atoms with Crippen LogP contribution in [-0.2, 0) is 5.54 Å². The zero-order chi connectivity index (χ0) is 8.65. The van der Waals surface area contributed by atoms with E-state index in [1.165, 1.54) is 11.3 Å². The second kappa shape index (κ2) is 4.16. The molecule has 0 saturated heterocycles. The zero-order valence-electron chi connectivity index (χ0n) is 6.73. The second-order valence-electron chi connectivity index (χ2n) is 2.95. The van der Waals surface area contributed by atoms with Crippen molar-refractivity contribution in [3.8, 4) is 0 Å². The number of thiophene rings is 1. The van der Waals surface area contributed by atoms with Gasteiger partial charge >= 0.3 is 0 Å². The highest BCUT2D eigenvalue weighted by atomic mass is 35.5. The molecule has 0 saturated carbocycles. The van der Waals surface area contributed by atoms with Crippen molar-refractivity contribution >= 4 is 46.9 Å². The molecule has 0 fully saturated rings. The summed E-state index contributed by atoms with van der Waals surface area (Å²) in [6, 6.07) is 1.81. The molecule has 0 bridgehead atoms. The van der Waals surface area contributed by atoms with Gasteiger partial charge in [0.05, 0.1) is 5.02 Å². The first-order valence-corrected chi connectivity index (χ1v) is 4.72. The van der Waals surface area contributed by atoms with Gasteiger partial charge in [0.2, 0.25) is 0 Å². The fraction of sp³-hybridized carbons (Fsp3) is 0.429. The first kappa shape index (κ1) is 12.5. The molecule has 1 nitrogen and oxygen atoms in total. The Balaban J connectivity index is 0.00000121. The maximum atomic E-state index is 5.83. The Hall–Kier alpha value is 0.530. The van der Waals surface area contributed by atoms with Gasteiger partial charge in [0.15, 0.2) is 0 Å². The van der Waals surface area contributed by atoms with E-state index in [9.17, 15) is 0 Å². The first-order valence-electron chi connectivity index (χ1n) is 3.15. The van der Waals surface area contributed by atoms with Crippen LogP contribution in [0.25, 0.3) is 0 Å². The van der Waals surface area contributed by atoms with Gasteiger partial charge in [-0.15, -0.1) is 23.7 Å². The Morgan fingerprint density at radius 3 is 2.08 bits per heavy atom. The van der Waals surface area contributed by atoms with Gasteiger partial charge in [-0.25, -0.2) is 0 Å². The molecular formula is C7H10Cl3NS. The molecule has 5 heteroatoms. The van der Waals surface area contributed by atoms with Crippen molar-refractivity contribution in [3.63, 3.8) is 0 Å². The van der Waals surface area contributed by atoms with Gasteiger partial charge in [-0.2, -0.15) is 0 Å². The van der Waals surface area contributed by atoms with Crippen molar-refractivity contribution in [2.75, 3.05) is 0 Å². The predicted octanol–water partition coefficient (Wildman–Crippen LogP) is 3.67. The highest BCUT2D eigenvalue weighted by Crippen LogP contribution is 2.35. The topological polar surface area (TPSA) is 26.0 Å². The molecule has 2 N–H and O–H groups in total. The minimum absolute atomic E-state index is 0. The molecule has 0 aliphatic heterocycles. The maximum Gasteiger partial charge on any atom is 0.112 e. The summed E-state index contributed by atoms with van der Waals surface area (Å²) >= 11 is 13.0. The molecule has 1 rings (SSSR count). The van der Waals surface area contributed by atoms with Crippen molar-refractivity contribution in [3.05, 3.63) is 20.3 Å². The Labute approximate surface area is 92.3 Å². The van der Waals surface area contributed by atoms with Crippen molar-refractivity contribution in [2.24, 2.45) is 5.73 Å². The zero-order valence-corrected chi connectivity index (χ0v) is 9.87. The molecule has 12 heavy (non-hydrogen) atoms. The summed E-state index contributed by atoms with van der Waals surface area (Å²) < 4.78 is 0.611. The van der Waals surface area contributed by atoms with Gasteiger partial charge < -0.3 is 5.73 Å². The molecule has 0 aliphatic carbocycles. The lowest BCUT2D eigenvalue weighted by Crippen LogP contribution is -2.27. The molecule has 0 radical (unpaired) electrons. The number of nitrogens with two attached hydrogens (primary N) is 1. The average molecular weight is 247 g/mol. The van der Waals surface area contributed by atoms with Crippen molar-refractivity contribution in [1.29, 1.82) is 0 Å². The predicted molar refractivity (Wildman–Crippen MR) is 58.8 cm³/mol. The van der Waals surface area contributed by atoms with E-state index in [0.717, 1.165) is 4.88 Å². The van der Waals surface area contributed by atoms with Crippen molar-refractivity contribution in [2.45, 2.75) is 19.4 Å². The molecule has 0 amide bonds. The van der Waals surface area contributed by atoms with E-state index >= 15 is 0 Å². The van der Waals surface area contributed by atoms with Gasteiger partial charge in [0, 0.05) is 10.4 Å². The van der Waals surface area contributed by atoms with E-state index < -0.39 is 0 Å². The number of hydrogen-bond donors (Lipinski definition) is 1. The van der Waals surface area contributed by atoms with Crippen LogP contribution in [0.2, 0.25) is 9.36 Å². The molecule has 1 heterocycles. The number of hydrogen-bond acceptors (Lipinski definition) is 2. The van der Waals surface area contributed by atoms with Crippen molar-refractivity contribution < 1.29 is 0 Å². The fourth-order valence-corrected chi connectivity index (χ4v) is 2.05. The molecule has 0 spiro atoms. The summed E-state index contributed by atoms with van der Waals surface area (Å²) in [5.74, 6) is 0. The number of halogens is 3. The van der Waals surface area contributed by atoms with Crippen LogP contribution in [0.3, 0.4) is 0 Å². The standard InChI is InChI=1S/C7H9Cl2NS.ClH/c1-7(2,10)5-3-4(8)6(9)11-5;/h3H,10H2,1-2H3;1H. The van der Waals surface area contributed by atoms with Crippen LogP contribution in [0.4, 0.5) is 0 Å². The molecule has 0 atom stereocenters. The third kappa shape index (κ3) is 2.79. The monoisotopic (exact) mass is 245 g/mol. The Bertz CT molecular complexity index is 245. The SMILES string of the molecule is CC(C)(N)c1cc(Cl)c(Cl)s1.Cl. The first-order chi connectivity index (χ1) is 4.91. The molecule has 1 aromatic heterocycles. The lowest BCUT2D eigenvalue weighted by molar-refractivity contribution is 0.567. The molecule has 0 aliphatic rings. The molecule has 0 aromatic carbocycles. The van der Waals surface area contributed by atoms with Crippen LogP contribution in [0.5, 0.6) is 0 Å².